The van der Waals surface area contributed by atoms with Gasteiger partial charge >= 0.3 is 0 Å². The van der Waals surface area contributed by atoms with Crippen LogP contribution in [-0.4, -0.2) is 46.6 Å². The highest BCUT2D eigenvalue weighted by atomic mass is 16.7. The molecule has 2 aromatic carbocycles. The van der Waals surface area contributed by atoms with E-state index in [2.05, 4.69) is 15.3 Å². The fourth-order valence-electron chi connectivity index (χ4n) is 3.92. The number of aromatic nitrogens is 2. The molecule has 1 aromatic heterocycles. The largest absolute Gasteiger partial charge is 0.454 e. The molecular weight excluding hydrogens is 408 g/mol. The molecule has 3 aromatic rings. The fourth-order valence-corrected chi connectivity index (χ4v) is 3.92. The van der Waals surface area contributed by atoms with Crippen LogP contribution in [0.15, 0.2) is 60.9 Å². The maximum atomic E-state index is 12.8. The van der Waals surface area contributed by atoms with E-state index in [1.54, 1.807) is 35.5 Å². The van der Waals surface area contributed by atoms with Gasteiger partial charge in [0, 0.05) is 48.7 Å². The van der Waals surface area contributed by atoms with Gasteiger partial charge in [0.2, 0.25) is 12.7 Å². The number of piperidine rings is 1. The Morgan fingerprint density at radius 1 is 0.938 bits per heavy atom. The summed E-state index contributed by atoms with van der Waals surface area (Å²) < 4.78 is 10.6. The van der Waals surface area contributed by atoms with Crippen LogP contribution < -0.4 is 14.8 Å². The van der Waals surface area contributed by atoms with Crippen LogP contribution in [0.1, 0.15) is 23.2 Å². The van der Waals surface area contributed by atoms with Crippen molar-refractivity contribution in [2.24, 2.45) is 5.92 Å². The summed E-state index contributed by atoms with van der Waals surface area (Å²) in [6.45, 7) is 1.22. The molecule has 2 aliphatic rings. The van der Waals surface area contributed by atoms with E-state index >= 15 is 0 Å². The fraction of sp³-hybridized carbons (Fsp3) is 0.250. The van der Waals surface area contributed by atoms with E-state index in [0.29, 0.717) is 54.5 Å². The number of fused-ring (bicyclic) bond motifs is 1. The lowest BCUT2D eigenvalue weighted by Crippen LogP contribution is -2.41. The molecule has 3 heterocycles. The molecule has 1 N–H and O–H groups in total. The number of likely N-dealkylation sites (tertiary alicyclic amines) is 1. The molecule has 0 saturated carbocycles. The lowest BCUT2D eigenvalue weighted by atomic mass is 9.95. The number of ether oxygens (including phenoxy) is 2. The van der Waals surface area contributed by atoms with Gasteiger partial charge in [0.15, 0.2) is 17.3 Å². The molecule has 2 amide bonds. The summed E-state index contributed by atoms with van der Waals surface area (Å²) in [5.74, 6) is 1.58. The normalized spacial score (nSPS) is 15.4. The molecule has 8 nitrogen and oxygen atoms in total. The van der Waals surface area contributed by atoms with Crippen molar-refractivity contribution >= 4 is 17.5 Å². The van der Waals surface area contributed by atoms with Crippen molar-refractivity contribution in [2.75, 3.05) is 25.2 Å². The first kappa shape index (κ1) is 20.0. The van der Waals surface area contributed by atoms with E-state index < -0.39 is 0 Å². The molecular formula is C24H22N4O4. The third-order valence-electron chi connectivity index (χ3n) is 5.72. The van der Waals surface area contributed by atoms with Gasteiger partial charge in [-0.2, -0.15) is 0 Å². The van der Waals surface area contributed by atoms with Crippen LogP contribution in [0.4, 0.5) is 5.69 Å². The number of rotatable bonds is 4. The zero-order chi connectivity index (χ0) is 21.9. The second-order valence-corrected chi connectivity index (χ2v) is 7.79. The number of amides is 2. The van der Waals surface area contributed by atoms with Crippen molar-refractivity contribution in [1.29, 1.82) is 0 Å². The number of nitrogens with zero attached hydrogens (tertiary/aromatic N) is 3. The molecule has 5 rings (SSSR count). The lowest BCUT2D eigenvalue weighted by molar-refractivity contribution is -0.121. The number of benzene rings is 2. The van der Waals surface area contributed by atoms with Crippen molar-refractivity contribution in [1.82, 2.24) is 14.9 Å². The minimum absolute atomic E-state index is 0.0495. The molecule has 1 saturated heterocycles. The van der Waals surface area contributed by atoms with Gasteiger partial charge in [-0.25, -0.2) is 9.97 Å². The van der Waals surface area contributed by atoms with Gasteiger partial charge < -0.3 is 19.7 Å². The summed E-state index contributed by atoms with van der Waals surface area (Å²) in [6.07, 6.45) is 4.34. The second kappa shape index (κ2) is 8.66. The summed E-state index contributed by atoms with van der Waals surface area (Å²) in [4.78, 5) is 36.0. The van der Waals surface area contributed by atoms with E-state index in [0.717, 1.165) is 5.56 Å². The van der Waals surface area contributed by atoms with Gasteiger partial charge in [0.05, 0.1) is 5.56 Å². The molecule has 0 atom stereocenters. The average Bonchev–Trinajstić information content (AvgIpc) is 3.32. The van der Waals surface area contributed by atoms with Crippen molar-refractivity contribution < 1.29 is 19.1 Å². The van der Waals surface area contributed by atoms with E-state index in [9.17, 15) is 9.59 Å². The van der Waals surface area contributed by atoms with Crippen LogP contribution in [-0.2, 0) is 4.79 Å². The minimum atomic E-state index is -0.152. The van der Waals surface area contributed by atoms with Crippen molar-refractivity contribution in [2.45, 2.75) is 12.8 Å². The van der Waals surface area contributed by atoms with Crippen molar-refractivity contribution in [3.05, 3.63) is 66.5 Å². The first-order chi connectivity index (χ1) is 15.7. The average molecular weight is 430 g/mol. The van der Waals surface area contributed by atoms with Crippen LogP contribution in [0.3, 0.4) is 0 Å². The highest BCUT2D eigenvalue weighted by Crippen LogP contribution is 2.34. The van der Waals surface area contributed by atoms with Gasteiger partial charge in [-0.05, 0) is 25.0 Å². The number of carbonyl (C=O) groups excluding carboxylic acids is 2. The third-order valence-corrected chi connectivity index (χ3v) is 5.72. The summed E-state index contributed by atoms with van der Waals surface area (Å²) in [5, 5.41) is 2.94. The SMILES string of the molecule is O=C(Nc1ccc2c(c1)OCO2)C1CCN(C(=O)c2cnc(-c3ccccc3)nc2)CC1. The van der Waals surface area contributed by atoms with E-state index in [-0.39, 0.29) is 24.5 Å². The monoisotopic (exact) mass is 430 g/mol. The zero-order valence-electron chi connectivity index (χ0n) is 17.4. The van der Waals surface area contributed by atoms with Crippen molar-refractivity contribution in [3.63, 3.8) is 0 Å². The topological polar surface area (TPSA) is 93.7 Å². The highest BCUT2D eigenvalue weighted by Gasteiger charge is 2.28. The van der Waals surface area contributed by atoms with E-state index in [1.807, 2.05) is 30.3 Å². The number of hydrogen-bond acceptors (Lipinski definition) is 6. The first-order valence-corrected chi connectivity index (χ1v) is 10.5. The van der Waals surface area contributed by atoms with Gasteiger partial charge in [-0.15, -0.1) is 0 Å². The molecule has 0 aliphatic carbocycles. The molecule has 32 heavy (non-hydrogen) atoms. The third kappa shape index (κ3) is 4.12. The summed E-state index contributed by atoms with van der Waals surface area (Å²) in [6, 6.07) is 15.0. The Bertz CT molecular complexity index is 1130. The van der Waals surface area contributed by atoms with Gasteiger partial charge in [-0.1, -0.05) is 30.3 Å². The standard InChI is InChI=1S/C24H22N4O4/c29-23(27-19-6-7-20-21(12-19)32-15-31-20)17-8-10-28(11-9-17)24(30)18-13-25-22(26-14-18)16-4-2-1-3-5-16/h1-7,12-14,17H,8-11,15H2,(H,27,29). The molecule has 0 spiro atoms. The Balaban J connectivity index is 1.16. The van der Waals surface area contributed by atoms with E-state index in [1.165, 1.54) is 0 Å². The second-order valence-electron chi connectivity index (χ2n) is 7.79. The Morgan fingerprint density at radius 3 is 2.41 bits per heavy atom. The summed E-state index contributed by atoms with van der Waals surface area (Å²) in [5.41, 5.74) is 2.03. The molecule has 8 heteroatoms. The number of anilines is 1. The summed E-state index contributed by atoms with van der Waals surface area (Å²) >= 11 is 0. The van der Waals surface area contributed by atoms with Gasteiger partial charge in [0.1, 0.15) is 0 Å². The highest BCUT2D eigenvalue weighted by molar-refractivity contribution is 5.95. The number of nitrogens with one attached hydrogen (secondary N) is 1. The molecule has 1 fully saturated rings. The summed E-state index contributed by atoms with van der Waals surface area (Å²) in [7, 11) is 0. The van der Waals surface area contributed by atoms with Crippen molar-refractivity contribution in [3.8, 4) is 22.9 Å². The van der Waals surface area contributed by atoms with E-state index in [4.69, 9.17) is 9.47 Å². The van der Waals surface area contributed by atoms with Gasteiger partial charge in [0.25, 0.3) is 5.91 Å². The predicted octanol–water partition coefficient (Wildman–Crippen LogP) is 3.36. The van der Waals surface area contributed by atoms with Crippen LogP contribution in [0.2, 0.25) is 0 Å². The number of hydrogen-bond donors (Lipinski definition) is 1. The van der Waals surface area contributed by atoms with Crippen LogP contribution in [0.5, 0.6) is 11.5 Å². The number of carbonyl (C=O) groups is 2. The molecule has 0 unspecified atom stereocenters. The molecule has 2 aliphatic heterocycles. The molecule has 0 bridgehead atoms. The lowest BCUT2D eigenvalue weighted by Gasteiger charge is -2.31. The smallest absolute Gasteiger partial charge is 0.256 e. The maximum Gasteiger partial charge on any atom is 0.256 e. The Hall–Kier alpha value is -3.94. The molecule has 162 valence electrons. The van der Waals surface area contributed by atoms with Gasteiger partial charge in [-0.3, -0.25) is 9.59 Å². The minimum Gasteiger partial charge on any atom is -0.454 e. The maximum absolute atomic E-state index is 12.8. The first-order valence-electron chi connectivity index (χ1n) is 10.5. The quantitative estimate of drug-likeness (QED) is 0.682. The Morgan fingerprint density at radius 2 is 1.66 bits per heavy atom. The predicted molar refractivity (Wildman–Crippen MR) is 117 cm³/mol. The van der Waals surface area contributed by atoms with Crippen LogP contribution >= 0.6 is 0 Å². The Labute approximate surface area is 185 Å². The van der Waals surface area contributed by atoms with Crippen LogP contribution in [0, 0.1) is 5.92 Å². The zero-order valence-corrected chi connectivity index (χ0v) is 17.4. The molecule has 0 radical (unpaired) electrons. The van der Waals surface area contributed by atoms with Crippen LogP contribution in [0.25, 0.3) is 11.4 Å². The Kier molecular flexibility index (Phi) is 5.41.